The topological polar surface area (TPSA) is 18.5 Å². The minimum Gasteiger partial charge on any atom is -0.501 e. The Hall–Kier alpha value is -1.70. The summed E-state index contributed by atoms with van der Waals surface area (Å²) in [6.07, 6.45) is 8.11. The van der Waals surface area contributed by atoms with Crippen LogP contribution in [0.1, 0.15) is 26.7 Å². The van der Waals surface area contributed by atoms with Gasteiger partial charge in [-0.2, -0.15) is 0 Å². The zero-order valence-corrected chi connectivity index (χ0v) is 11.3. The lowest BCUT2D eigenvalue weighted by molar-refractivity contribution is 0.247. The molecule has 0 aliphatic carbocycles. The van der Waals surface area contributed by atoms with E-state index in [9.17, 15) is 0 Å². The Morgan fingerprint density at radius 1 is 1.17 bits per heavy atom. The fourth-order valence-corrected chi connectivity index (χ4v) is 1.37. The lowest BCUT2D eigenvalue weighted by atomic mass is 10.3. The highest BCUT2D eigenvalue weighted by Crippen LogP contribution is 2.09. The lowest BCUT2D eigenvalue weighted by Crippen LogP contribution is -1.99. The van der Waals surface area contributed by atoms with Gasteiger partial charge in [-0.3, -0.25) is 0 Å². The van der Waals surface area contributed by atoms with Crippen LogP contribution in [-0.2, 0) is 4.74 Å². The largest absolute Gasteiger partial charge is 0.501 e. The fraction of sp³-hybridized carbons (Fsp3) is 0.375. The van der Waals surface area contributed by atoms with E-state index in [-0.39, 0.29) is 0 Å². The Balaban J connectivity index is 2.16. The first-order chi connectivity index (χ1) is 8.83. The van der Waals surface area contributed by atoms with Crippen LogP contribution >= 0.6 is 0 Å². The predicted octanol–water partition coefficient (Wildman–Crippen LogP) is 4.34. The van der Waals surface area contributed by atoms with Crippen molar-refractivity contribution in [1.82, 2.24) is 0 Å². The van der Waals surface area contributed by atoms with Crippen molar-refractivity contribution in [3.63, 3.8) is 0 Å². The highest BCUT2D eigenvalue weighted by molar-refractivity contribution is 5.21. The van der Waals surface area contributed by atoms with Crippen LogP contribution in [0.5, 0.6) is 5.75 Å². The van der Waals surface area contributed by atoms with E-state index in [2.05, 4.69) is 19.1 Å². The van der Waals surface area contributed by atoms with Crippen LogP contribution in [-0.4, -0.2) is 13.2 Å². The van der Waals surface area contributed by atoms with Crippen molar-refractivity contribution in [2.24, 2.45) is 0 Å². The molecule has 0 aliphatic heterocycles. The van der Waals surface area contributed by atoms with Crippen LogP contribution in [0.4, 0.5) is 0 Å². The molecule has 0 radical (unpaired) electrons. The van der Waals surface area contributed by atoms with Crippen LogP contribution in [0.25, 0.3) is 0 Å². The third kappa shape index (κ3) is 6.79. The van der Waals surface area contributed by atoms with Gasteiger partial charge in [-0.05, 0) is 37.5 Å². The molecule has 1 rings (SSSR count). The molecule has 1 aromatic carbocycles. The van der Waals surface area contributed by atoms with Crippen molar-refractivity contribution in [3.8, 4) is 5.75 Å². The molecule has 1 aromatic rings. The zero-order chi connectivity index (χ0) is 13.1. The van der Waals surface area contributed by atoms with Crippen molar-refractivity contribution < 1.29 is 9.47 Å². The molecule has 0 spiro atoms. The second kappa shape index (κ2) is 9.34. The summed E-state index contributed by atoms with van der Waals surface area (Å²) in [5.74, 6) is 0.885. The number of hydrogen-bond donors (Lipinski definition) is 0. The summed E-state index contributed by atoms with van der Waals surface area (Å²) < 4.78 is 11.0. The van der Waals surface area contributed by atoms with Gasteiger partial charge in [0, 0.05) is 0 Å². The van der Waals surface area contributed by atoms with Crippen molar-refractivity contribution in [3.05, 3.63) is 54.3 Å². The number of ether oxygens (including phenoxy) is 2. The Bertz CT molecular complexity index is 366. The Labute approximate surface area is 110 Å². The van der Waals surface area contributed by atoms with Crippen molar-refractivity contribution >= 4 is 0 Å². The van der Waals surface area contributed by atoms with Gasteiger partial charge in [0.2, 0.25) is 0 Å². The van der Waals surface area contributed by atoms with Gasteiger partial charge in [0.1, 0.15) is 12.4 Å². The molecule has 0 atom stereocenters. The molecule has 0 bridgehead atoms. The highest BCUT2D eigenvalue weighted by atomic mass is 16.5. The van der Waals surface area contributed by atoms with E-state index in [0.717, 1.165) is 30.8 Å². The van der Waals surface area contributed by atoms with E-state index in [4.69, 9.17) is 9.47 Å². The fourth-order valence-electron chi connectivity index (χ4n) is 1.37. The molecule has 0 aromatic heterocycles. The second-order valence-corrected chi connectivity index (χ2v) is 4.11. The summed E-state index contributed by atoms with van der Waals surface area (Å²) in [4.78, 5) is 0. The molecule has 98 valence electrons. The quantitative estimate of drug-likeness (QED) is 0.386. The average Bonchev–Trinajstić information content (AvgIpc) is 2.41. The predicted molar refractivity (Wildman–Crippen MR) is 75.7 cm³/mol. The summed E-state index contributed by atoms with van der Waals surface area (Å²) in [7, 11) is 0. The number of para-hydroxylation sites is 1. The Morgan fingerprint density at radius 2 is 1.94 bits per heavy atom. The molecular formula is C16H22O2. The maximum Gasteiger partial charge on any atom is 0.119 e. The maximum atomic E-state index is 5.60. The summed E-state index contributed by atoms with van der Waals surface area (Å²) in [6, 6.07) is 9.80. The van der Waals surface area contributed by atoms with Gasteiger partial charge in [-0.1, -0.05) is 37.3 Å². The third-order valence-corrected chi connectivity index (χ3v) is 2.30. The van der Waals surface area contributed by atoms with Crippen LogP contribution in [0.2, 0.25) is 0 Å². The Morgan fingerprint density at radius 3 is 2.67 bits per heavy atom. The van der Waals surface area contributed by atoms with Crippen LogP contribution in [0.3, 0.4) is 0 Å². The van der Waals surface area contributed by atoms with E-state index in [0.29, 0.717) is 6.61 Å². The highest BCUT2D eigenvalue weighted by Gasteiger charge is 1.93. The molecule has 0 N–H and O–H groups in total. The van der Waals surface area contributed by atoms with Crippen molar-refractivity contribution in [2.75, 3.05) is 13.2 Å². The monoisotopic (exact) mass is 246 g/mol. The molecule has 0 unspecified atom stereocenters. The molecule has 0 saturated carbocycles. The third-order valence-electron chi connectivity index (χ3n) is 2.30. The van der Waals surface area contributed by atoms with E-state index in [1.165, 1.54) is 0 Å². The SMILES string of the molecule is CC/C=C\CCOC=C(C)COc1ccccc1. The van der Waals surface area contributed by atoms with Gasteiger partial charge in [-0.25, -0.2) is 0 Å². The Kier molecular flexibility index (Phi) is 7.45. The van der Waals surface area contributed by atoms with Crippen LogP contribution in [0.15, 0.2) is 54.3 Å². The summed E-state index contributed by atoms with van der Waals surface area (Å²) >= 11 is 0. The molecule has 2 nitrogen and oxygen atoms in total. The number of allylic oxidation sites excluding steroid dienone is 1. The average molecular weight is 246 g/mol. The number of hydrogen-bond acceptors (Lipinski definition) is 2. The molecule has 2 heteroatoms. The second-order valence-electron chi connectivity index (χ2n) is 4.11. The first-order valence-electron chi connectivity index (χ1n) is 6.43. The van der Waals surface area contributed by atoms with Crippen molar-refractivity contribution in [1.29, 1.82) is 0 Å². The van der Waals surface area contributed by atoms with Gasteiger partial charge in [0.15, 0.2) is 0 Å². The summed E-state index contributed by atoms with van der Waals surface area (Å²) in [5, 5.41) is 0. The minimum absolute atomic E-state index is 0.564. The van der Waals surface area contributed by atoms with Gasteiger partial charge >= 0.3 is 0 Å². The number of benzene rings is 1. The number of rotatable bonds is 8. The zero-order valence-electron chi connectivity index (χ0n) is 11.3. The molecule has 0 saturated heterocycles. The maximum absolute atomic E-state index is 5.60. The van der Waals surface area contributed by atoms with E-state index in [1.54, 1.807) is 6.26 Å². The molecule has 0 aliphatic rings. The van der Waals surface area contributed by atoms with Crippen LogP contribution < -0.4 is 4.74 Å². The molecular weight excluding hydrogens is 224 g/mol. The van der Waals surface area contributed by atoms with E-state index < -0.39 is 0 Å². The lowest BCUT2D eigenvalue weighted by Gasteiger charge is -2.06. The van der Waals surface area contributed by atoms with Gasteiger partial charge in [-0.15, -0.1) is 0 Å². The van der Waals surface area contributed by atoms with Gasteiger partial charge < -0.3 is 9.47 Å². The van der Waals surface area contributed by atoms with E-state index in [1.807, 2.05) is 37.3 Å². The standard InChI is InChI=1S/C16H22O2/c1-3-4-5-9-12-17-13-15(2)14-18-16-10-7-6-8-11-16/h4-8,10-11,13H,3,9,12,14H2,1-2H3/b5-4-,15-13?. The summed E-state index contributed by atoms with van der Waals surface area (Å²) in [6.45, 7) is 5.42. The van der Waals surface area contributed by atoms with Crippen molar-refractivity contribution in [2.45, 2.75) is 26.7 Å². The normalized spacial score (nSPS) is 11.8. The molecule has 0 heterocycles. The first kappa shape index (κ1) is 14.4. The van der Waals surface area contributed by atoms with Gasteiger partial charge in [0.25, 0.3) is 0 Å². The van der Waals surface area contributed by atoms with E-state index >= 15 is 0 Å². The minimum atomic E-state index is 0.564. The first-order valence-corrected chi connectivity index (χ1v) is 6.43. The molecule has 0 fully saturated rings. The summed E-state index contributed by atoms with van der Waals surface area (Å²) in [5.41, 5.74) is 1.08. The smallest absolute Gasteiger partial charge is 0.119 e. The van der Waals surface area contributed by atoms with Gasteiger partial charge in [0.05, 0.1) is 12.9 Å². The van der Waals surface area contributed by atoms with Crippen LogP contribution in [0, 0.1) is 0 Å². The molecule has 0 amide bonds. The molecule has 18 heavy (non-hydrogen) atoms.